The first kappa shape index (κ1) is 15.7. The molecule has 0 bridgehead atoms. The van der Waals surface area contributed by atoms with Gasteiger partial charge in [0.05, 0.1) is 31.5 Å². The summed E-state index contributed by atoms with van der Waals surface area (Å²) in [5.41, 5.74) is 0. The predicted molar refractivity (Wildman–Crippen MR) is 73.3 cm³/mol. The maximum absolute atomic E-state index is 11.0. The molecule has 0 saturated carbocycles. The van der Waals surface area contributed by atoms with Gasteiger partial charge in [-0.25, -0.2) is 0 Å². The van der Waals surface area contributed by atoms with E-state index in [0.29, 0.717) is 13.1 Å². The molecule has 0 aromatic carbocycles. The summed E-state index contributed by atoms with van der Waals surface area (Å²) in [7, 11) is 0. The highest BCUT2D eigenvalue weighted by molar-refractivity contribution is 5.72. The van der Waals surface area contributed by atoms with Crippen LogP contribution >= 0.6 is 0 Å². The summed E-state index contributed by atoms with van der Waals surface area (Å²) in [4.78, 5) is 15.4. The predicted octanol–water partition coefficient (Wildman–Crippen LogP) is -2.14. The van der Waals surface area contributed by atoms with Crippen molar-refractivity contribution in [3.05, 3.63) is 0 Å². The van der Waals surface area contributed by atoms with Gasteiger partial charge in [0.2, 0.25) is 5.91 Å². The summed E-state index contributed by atoms with van der Waals surface area (Å²) in [5.74, 6) is -0.119. The van der Waals surface area contributed by atoms with Gasteiger partial charge < -0.3 is 20.3 Å². The van der Waals surface area contributed by atoms with Crippen molar-refractivity contribution in [3.8, 4) is 0 Å². The molecule has 0 unspecified atom stereocenters. The van der Waals surface area contributed by atoms with Gasteiger partial charge in [-0.05, 0) is 0 Å². The first-order chi connectivity index (χ1) is 9.58. The smallest absolute Gasteiger partial charge is 0.216 e. The van der Waals surface area contributed by atoms with Crippen LogP contribution in [0.4, 0.5) is 0 Å². The van der Waals surface area contributed by atoms with Crippen LogP contribution in [0.15, 0.2) is 0 Å². The van der Waals surface area contributed by atoms with Gasteiger partial charge in [-0.2, -0.15) is 0 Å². The van der Waals surface area contributed by atoms with Crippen molar-refractivity contribution in [3.63, 3.8) is 0 Å². The van der Waals surface area contributed by atoms with Crippen LogP contribution in [0.1, 0.15) is 6.92 Å². The van der Waals surface area contributed by atoms with Crippen LogP contribution in [0.2, 0.25) is 0 Å². The van der Waals surface area contributed by atoms with Crippen molar-refractivity contribution >= 4 is 5.91 Å². The second-order valence-electron chi connectivity index (χ2n) is 5.51. The summed E-state index contributed by atoms with van der Waals surface area (Å²) in [5, 5.41) is 22.5. The Morgan fingerprint density at radius 3 is 2.65 bits per heavy atom. The average Bonchev–Trinajstić information content (AvgIpc) is 2.71. The van der Waals surface area contributed by atoms with E-state index in [1.165, 1.54) is 6.92 Å². The maximum atomic E-state index is 11.0. The second-order valence-corrected chi connectivity index (χ2v) is 5.51. The molecule has 0 radical (unpaired) electrons. The highest BCUT2D eigenvalue weighted by Crippen LogP contribution is 2.18. The molecule has 2 aliphatic heterocycles. The van der Waals surface area contributed by atoms with Crippen LogP contribution < -0.4 is 5.32 Å². The fourth-order valence-electron chi connectivity index (χ4n) is 2.81. The Morgan fingerprint density at radius 2 is 2.00 bits per heavy atom. The minimum absolute atomic E-state index is 0.119. The van der Waals surface area contributed by atoms with E-state index in [1.54, 1.807) is 0 Å². The van der Waals surface area contributed by atoms with Gasteiger partial charge >= 0.3 is 0 Å². The highest BCUT2D eigenvalue weighted by atomic mass is 16.5. The number of hydrogen-bond acceptors (Lipinski definition) is 6. The summed E-state index contributed by atoms with van der Waals surface area (Å²) in [6.07, 6.45) is -1.54. The lowest BCUT2D eigenvalue weighted by Gasteiger charge is -2.31. The van der Waals surface area contributed by atoms with Crippen LogP contribution in [0.5, 0.6) is 0 Å². The molecule has 0 spiro atoms. The van der Waals surface area contributed by atoms with E-state index < -0.39 is 12.2 Å². The largest absolute Gasteiger partial charge is 0.389 e. The first-order valence-corrected chi connectivity index (χ1v) is 7.22. The number of β-amino-alcohol motifs (C(OH)–C–C–N with tert-alkyl or cyclic N) is 1. The number of amides is 1. The van der Waals surface area contributed by atoms with Crippen LogP contribution in [-0.4, -0.2) is 96.7 Å². The Bertz CT molecular complexity index is 323. The lowest BCUT2D eigenvalue weighted by atomic mass is 10.1. The highest BCUT2D eigenvalue weighted by Gasteiger charge is 2.39. The van der Waals surface area contributed by atoms with E-state index in [4.69, 9.17) is 4.74 Å². The molecule has 1 amide bonds. The van der Waals surface area contributed by atoms with E-state index in [0.717, 1.165) is 39.4 Å². The Morgan fingerprint density at radius 1 is 1.30 bits per heavy atom. The molecule has 2 aliphatic rings. The molecular weight excluding hydrogens is 262 g/mol. The Hall–Kier alpha value is -0.730. The molecule has 2 heterocycles. The summed E-state index contributed by atoms with van der Waals surface area (Å²) >= 11 is 0. The fourth-order valence-corrected chi connectivity index (χ4v) is 2.81. The Balaban J connectivity index is 1.82. The zero-order chi connectivity index (χ0) is 14.5. The molecule has 3 atom stereocenters. The minimum Gasteiger partial charge on any atom is -0.389 e. The third-order valence-electron chi connectivity index (χ3n) is 4.05. The molecule has 0 aromatic heterocycles. The fraction of sp³-hybridized carbons (Fsp3) is 0.923. The standard InChI is InChI=1S/C13H25N3O4/c1-10(17)14-8-11-13(19)12(18)9-16(11)3-2-15-4-6-20-7-5-15/h11-13,18-19H,2-9H2,1H3,(H,14,17)/t11-,12+,13-/m1/s1. The van der Waals surface area contributed by atoms with Crippen molar-refractivity contribution in [1.82, 2.24) is 15.1 Å². The summed E-state index contributed by atoms with van der Waals surface area (Å²) < 4.78 is 5.31. The zero-order valence-corrected chi connectivity index (χ0v) is 12.0. The molecule has 0 aliphatic carbocycles. The van der Waals surface area contributed by atoms with Crippen LogP contribution in [0, 0.1) is 0 Å². The molecule has 2 saturated heterocycles. The van der Waals surface area contributed by atoms with Crippen molar-refractivity contribution in [2.24, 2.45) is 0 Å². The quantitative estimate of drug-likeness (QED) is 0.535. The molecule has 20 heavy (non-hydrogen) atoms. The lowest BCUT2D eigenvalue weighted by molar-refractivity contribution is -0.119. The topological polar surface area (TPSA) is 85.3 Å². The van der Waals surface area contributed by atoms with Gasteiger partial charge in [0.25, 0.3) is 0 Å². The number of likely N-dealkylation sites (tertiary alicyclic amines) is 1. The number of morpholine rings is 1. The van der Waals surface area contributed by atoms with Gasteiger partial charge in [-0.3, -0.25) is 14.6 Å². The summed E-state index contributed by atoms with van der Waals surface area (Å²) in [6.45, 7) is 7.33. The zero-order valence-electron chi connectivity index (χ0n) is 12.0. The van der Waals surface area contributed by atoms with Crippen LogP contribution in [-0.2, 0) is 9.53 Å². The number of carbonyl (C=O) groups excluding carboxylic acids is 1. The Labute approximate surface area is 119 Å². The SMILES string of the molecule is CC(=O)NC[C@@H]1[C@@H](O)[C@@H](O)CN1CCN1CCOCC1. The summed E-state index contributed by atoms with van der Waals surface area (Å²) in [6, 6.07) is -0.213. The van der Waals surface area contributed by atoms with E-state index in [1.807, 2.05) is 0 Å². The molecular formula is C13H25N3O4. The number of ether oxygens (including phenoxy) is 1. The van der Waals surface area contributed by atoms with Crippen LogP contribution in [0.3, 0.4) is 0 Å². The van der Waals surface area contributed by atoms with Gasteiger partial charge in [0, 0.05) is 46.2 Å². The van der Waals surface area contributed by atoms with Crippen molar-refractivity contribution < 1.29 is 19.7 Å². The monoisotopic (exact) mass is 287 g/mol. The van der Waals surface area contributed by atoms with Crippen molar-refractivity contribution in [1.29, 1.82) is 0 Å². The van der Waals surface area contributed by atoms with Crippen LogP contribution in [0.25, 0.3) is 0 Å². The molecule has 3 N–H and O–H groups in total. The maximum Gasteiger partial charge on any atom is 0.216 e. The number of carbonyl (C=O) groups is 1. The van der Waals surface area contributed by atoms with Gasteiger partial charge in [-0.15, -0.1) is 0 Å². The number of nitrogens with one attached hydrogen (secondary N) is 1. The molecule has 2 rings (SSSR count). The molecule has 116 valence electrons. The molecule has 7 nitrogen and oxygen atoms in total. The van der Waals surface area contributed by atoms with Gasteiger partial charge in [-0.1, -0.05) is 0 Å². The second kappa shape index (κ2) is 7.33. The molecule has 2 fully saturated rings. The van der Waals surface area contributed by atoms with Gasteiger partial charge in [0.15, 0.2) is 0 Å². The van der Waals surface area contributed by atoms with E-state index in [9.17, 15) is 15.0 Å². The lowest BCUT2D eigenvalue weighted by Crippen LogP contribution is -2.48. The van der Waals surface area contributed by atoms with E-state index >= 15 is 0 Å². The molecule has 0 aromatic rings. The number of hydrogen-bond donors (Lipinski definition) is 3. The minimum atomic E-state index is -0.800. The number of rotatable bonds is 5. The van der Waals surface area contributed by atoms with E-state index in [-0.39, 0.29) is 11.9 Å². The third kappa shape index (κ3) is 4.13. The first-order valence-electron chi connectivity index (χ1n) is 7.22. The number of aliphatic hydroxyl groups excluding tert-OH is 2. The van der Waals surface area contributed by atoms with Crippen molar-refractivity contribution in [2.45, 2.75) is 25.2 Å². The average molecular weight is 287 g/mol. The van der Waals surface area contributed by atoms with Crippen molar-refractivity contribution in [2.75, 3.05) is 52.5 Å². The Kier molecular flexibility index (Phi) is 5.74. The number of nitrogens with zero attached hydrogens (tertiary/aromatic N) is 2. The third-order valence-corrected chi connectivity index (χ3v) is 4.05. The van der Waals surface area contributed by atoms with Gasteiger partial charge in [0.1, 0.15) is 0 Å². The normalized spacial score (nSPS) is 32.5. The van der Waals surface area contributed by atoms with E-state index in [2.05, 4.69) is 15.1 Å². The molecule has 7 heteroatoms. The number of aliphatic hydroxyl groups is 2.